The normalized spacial score (nSPS) is 11.1. The Kier molecular flexibility index (Phi) is 6.45. The van der Waals surface area contributed by atoms with Crippen LogP contribution < -0.4 is 9.62 Å². The number of hydrogen-bond acceptors (Lipinski definition) is 4. The Morgan fingerprint density at radius 1 is 0.935 bits per heavy atom. The third-order valence-electron chi connectivity index (χ3n) is 4.35. The summed E-state index contributed by atoms with van der Waals surface area (Å²) in [5.74, 6) is -3.14. The highest BCUT2D eigenvalue weighted by Crippen LogP contribution is 2.24. The molecule has 1 amide bonds. The number of hydrogen-bond donors (Lipinski definition) is 1. The van der Waals surface area contributed by atoms with E-state index in [1.165, 1.54) is 12.1 Å². The number of rotatable bonds is 7. The molecule has 0 radical (unpaired) electrons. The van der Waals surface area contributed by atoms with Crippen LogP contribution >= 0.6 is 0 Å². The molecule has 3 aromatic carbocycles. The van der Waals surface area contributed by atoms with Crippen LogP contribution in [-0.4, -0.2) is 32.9 Å². The largest absolute Gasteiger partial charge is 0.324 e. The molecule has 9 heteroatoms. The van der Waals surface area contributed by atoms with Crippen LogP contribution in [0.25, 0.3) is 0 Å². The van der Waals surface area contributed by atoms with Crippen LogP contribution in [0.2, 0.25) is 0 Å². The minimum Gasteiger partial charge on any atom is -0.324 e. The average molecular weight is 444 g/mol. The predicted molar refractivity (Wildman–Crippen MR) is 113 cm³/mol. The monoisotopic (exact) mass is 444 g/mol. The molecule has 0 aliphatic heterocycles. The molecular weight excluding hydrogens is 426 g/mol. The van der Waals surface area contributed by atoms with E-state index in [1.54, 1.807) is 42.5 Å². The van der Waals surface area contributed by atoms with Gasteiger partial charge < -0.3 is 5.32 Å². The van der Waals surface area contributed by atoms with Crippen LogP contribution in [0.15, 0.2) is 72.8 Å². The Bertz CT molecular complexity index is 1230. The first-order valence-electron chi connectivity index (χ1n) is 9.08. The van der Waals surface area contributed by atoms with Gasteiger partial charge in [0.2, 0.25) is 15.9 Å². The molecule has 0 aliphatic carbocycles. The second-order valence-corrected chi connectivity index (χ2v) is 8.56. The standard InChI is InChI=1S/C22H18F2N2O4S/c1-31(29,30)26(20-12-11-16(23)13-18(20)24)14-21(27)25-19-10-6-5-9-17(19)22(28)15-7-3-2-4-8-15/h2-13H,14H2,1H3,(H,25,27). The summed E-state index contributed by atoms with van der Waals surface area (Å²) < 4.78 is 52.2. The number of carbonyl (C=O) groups is 2. The highest BCUT2D eigenvalue weighted by Gasteiger charge is 2.25. The van der Waals surface area contributed by atoms with Gasteiger partial charge in [-0.25, -0.2) is 17.2 Å². The number of nitrogens with one attached hydrogen (secondary N) is 1. The molecule has 0 saturated heterocycles. The number of benzene rings is 3. The van der Waals surface area contributed by atoms with E-state index < -0.39 is 39.8 Å². The fourth-order valence-corrected chi connectivity index (χ4v) is 3.78. The predicted octanol–water partition coefficient (Wildman–Crippen LogP) is 3.60. The highest BCUT2D eigenvalue weighted by atomic mass is 32.2. The number of anilines is 2. The lowest BCUT2D eigenvalue weighted by Crippen LogP contribution is -2.38. The lowest BCUT2D eigenvalue weighted by molar-refractivity contribution is -0.114. The number of sulfonamides is 1. The Morgan fingerprint density at radius 3 is 2.23 bits per heavy atom. The molecule has 0 bridgehead atoms. The molecule has 0 fully saturated rings. The van der Waals surface area contributed by atoms with Crippen LogP contribution in [0.3, 0.4) is 0 Å². The van der Waals surface area contributed by atoms with E-state index in [-0.39, 0.29) is 17.0 Å². The summed E-state index contributed by atoms with van der Waals surface area (Å²) in [5, 5.41) is 2.50. The molecule has 0 atom stereocenters. The van der Waals surface area contributed by atoms with Crippen molar-refractivity contribution in [1.82, 2.24) is 0 Å². The summed E-state index contributed by atoms with van der Waals surface area (Å²) in [6, 6.07) is 17.0. The van der Waals surface area contributed by atoms with Crippen molar-refractivity contribution in [3.63, 3.8) is 0 Å². The maximum atomic E-state index is 14.1. The van der Waals surface area contributed by atoms with Gasteiger partial charge >= 0.3 is 0 Å². The van der Waals surface area contributed by atoms with Crippen molar-refractivity contribution in [1.29, 1.82) is 0 Å². The van der Waals surface area contributed by atoms with Gasteiger partial charge in [0, 0.05) is 17.2 Å². The van der Waals surface area contributed by atoms with E-state index in [2.05, 4.69) is 5.32 Å². The van der Waals surface area contributed by atoms with Crippen LogP contribution in [-0.2, 0) is 14.8 Å². The summed E-state index contributed by atoms with van der Waals surface area (Å²) in [6.45, 7) is -0.769. The molecule has 0 heterocycles. The molecule has 0 unspecified atom stereocenters. The molecule has 1 N–H and O–H groups in total. The number of nitrogens with zero attached hydrogens (tertiary/aromatic N) is 1. The fourth-order valence-electron chi connectivity index (χ4n) is 2.92. The van der Waals surface area contributed by atoms with Gasteiger partial charge in [-0.2, -0.15) is 0 Å². The van der Waals surface area contributed by atoms with Crippen molar-refractivity contribution in [2.75, 3.05) is 22.4 Å². The molecule has 0 spiro atoms. The quantitative estimate of drug-likeness (QED) is 0.565. The van der Waals surface area contributed by atoms with Crippen LogP contribution in [0, 0.1) is 11.6 Å². The van der Waals surface area contributed by atoms with Gasteiger partial charge in [0.1, 0.15) is 18.2 Å². The zero-order chi connectivity index (χ0) is 22.6. The first kappa shape index (κ1) is 22.1. The van der Waals surface area contributed by atoms with Gasteiger partial charge in [0.25, 0.3) is 0 Å². The molecule has 0 saturated carbocycles. The fraction of sp³-hybridized carbons (Fsp3) is 0.0909. The topological polar surface area (TPSA) is 83.6 Å². The molecule has 0 aromatic heterocycles. The van der Waals surface area contributed by atoms with Crippen molar-refractivity contribution in [3.8, 4) is 0 Å². The van der Waals surface area contributed by atoms with Crippen molar-refractivity contribution < 1.29 is 26.8 Å². The summed E-state index contributed by atoms with van der Waals surface area (Å²) in [4.78, 5) is 25.4. The number of amides is 1. The van der Waals surface area contributed by atoms with Gasteiger partial charge in [0.15, 0.2) is 5.78 Å². The van der Waals surface area contributed by atoms with Crippen LogP contribution in [0.5, 0.6) is 0 Å². The van der Waals surface area contributed by atoms with Crippen LogP contribution in [0.4, 0.5) is 20.2 Å². The number of halogens is 2. The zero-order valence-corrected chi connectivity index (χ0v) is 17.2. The van der Waals surface area contributed by atoms with Crippen LogP contribution in [0.1, 0.15) is 15.9 Å². The van der Waals surface area contributed by atoms with E-state index in [0.717, 1.165) is 18.4 Å². The lowest BCUT2D eigenvalue weighted by Gasteiger charge is -2.22. The summed E-state index contributed by atoms with van der Waals surface area (Å²) in [7, 11) is -4.07. The van der Waals surface area contributed by atoms with Crippen molar-refractivity contribution >= 4 is 33.1 Å². The van der Waals surface area contributed by atoms with E-state index in [1.807, 2.05) is 0 Å². The molecule has 160 valence electrons. The van der Waals surface area contributed by atoms with Crippen molar-refractivity contribution in [3.05, 3.63) is 95.6 Å². The maximum absolute atomic E-state index is 14.1. The van der Waals surface area contributed by atoms with Gasteiger partial charge in [-0.15, -0.1) is 0 Å². The number of carbonyl (C=O) groups excluding carboxylic acids is 2. The molecule has 0 aliphatic rings. The third-order valence-corrected chi connectivity index (χ3v) is 5.47. The minimum atomic E-state index is -4.07. The lowest BCUT2D eigenvalue weighted by atomic mass is 10.0. The highest BCUT2D eigenvalue weighted by molar-refractivity contribution is 7.92. The van der Waals surface area contributed by atoms with E-state index in [9.17, 15) is 26.8 Å². The Morgan fingerprint density at radius 2 is 1.58 bits per heavy atom. The van der Waals surface area contributed by atoms with E-state index in [4.69, 9.17) is 0 Å². The Hall–Kier alpha value is -3.59. The number of para-hydroxylation sites is 1. The number of ketones is 1. The SMILES string of the molecule is CS(=O)(=O)N(CC(=O)Nc1ccccc1C(=O)c1ccccc1)c1ccc(F)cc1F. The Balaban J connectivity index is 1.87. The van der Waals surface area contributed by atoms with Gasteiger partial charge in [0.05, 0.1) is 17.6 Å². The smallest absolute Gasteiger partial charge is 0.245 e. The summed E-state index contributed by atoms with van der Waals surface area (Å²) in [5.41, 5.74) is 0.332. The second-order valence-electron chi connectivity index (χ2n) is 6.65. The summed E-state index contributed by atoms with van der Waals surface area (Å²) >= 11 is 0. The first-order valence-corrected chi connectivity index (χ1v) is 10.9. The summed E-state index contributed by atoms with van der Waals surface area (Å²) in [6.07, 6.45) is 0.802. The third kappa shape index (κ3) is 5.32. The van der Waals surface area contributed by atoms with Gasteiger partial charge in [-0.1, -0.05) is 42.5 Å². The van der Waals surface area contributed by atoms with E-state index >= 15 is 0 Å². The van der Waals surface area contributed by atoms with Crippen molar-refractivity contribution in [2.45, 2.75) is 0 Å². The Labute approximate surface area is 178 Å². The minimum absolute atomic E-state index is 0.175. The maximum Gasteiger partial charge on any atom is 0.245 e. The first-order chi connectivity index (χ1) is 14.7. The molecule has 31 heavy (non-hydrogen) atoms. The molecule has 3 aromatic rings. The molecule has 6 nitrogen and oxygen atoms in total. The van der Waals surface area contributed by atoms with E-state index in [0.29, 0.717) is 15.9 Å². The molecule has 3 rings (SSSR count). The van der Waals surface area contributed by atoms with Crippen molar-refractivity contribution in [2.24, 2.45) is 0 Å². The molecular formula is C22H18F2N2O4S. The second kappa shape index (κ2) is 9.05. The van der Waals surface area contributed by atoms with Gasteiger partial charge in [-0.05, 0) is 24.3 Å². The average Bonchev–Trinajstić information content (AvgIpc) is 2.72. The zero-order valence-electron chi connectivity index (χ0n) is 16.4. The van der Waals surface area contributed by atoms with Gasteiger partial charge in [-0.3, -0.25) is 13.9 Å².